The Balaban J connectivity index is 1.66. The molecule has 0 unspecified atom stereocenters. The summed E-state index contributed by atoms with van der Waals surface area (Å²) >= 11 is 1.90. The first-order chi connectivity index (χ1) is 43.0. The van der Waals surface area contributed by atoms with Crippen molar-refractivity contribution < 1.29 is 57.4 Å². The summed E-state index contributed by atoms with van der Waals surface area (Å²) in [6.07, 6.45) is 2.26. The molecule has 3 aromatic carbocycles. The second-order valence-electron chi connectivity index (χ2n) is 27.4. The van der Waals surface area contributed by atoms with Crippen LogP contribution in [0.5, 0.6) is 0 Å². The molecule has 0 bridgehead atoms. The molecule has 0 aliphatic carbocycles. The maximum Gasteiger partial charge on any atom is -0.0176 e. The summed E-state index contributed by atoms with van der Waals surface area (Å²) in [7, 11) is 0. The monoisotopic (exact) mass is 1580 g/mol. The first-order valence-electron chi connectivity index (χ1n) is 32.0. The molecule has 0 fully saturated rings. The fourth-order valence-corrected chi connectivity index (χ4v) is 13.6. The van der Waals surface area contributed by atoms with Crippen molar-refractivity contribution in [2.24, 2.45) is 17.8 Å². The summed E-state index contributed by atoms with van der Waals surface area (Å²) in [6.45, 7) is 30.6. The number of benzene rings is 3. The smallest absolute Gasteiger partial charge is 0.0176 e. The number of nitrogens with one attached hydrogen (secondary N) is 6. The minimum atomic E-state index is -1.26. The van der Waals surface area contributed by atoms with Gasteiger partial charge in [-0.25, -0.2) is 9.59 Å². The number of aromatic nitrogens is 1. The molecule has 8 amide bonds. The van der Waals surface area contributed by atoms with Crippen LogP contribution >= 0.6 is 18.0 Å². The third kappa shape index (κ3) is 26.9. The van der Waals surface area contributed by atoms with Gasteiger partial charge in [0, 0.05) is 37.7 Å². The third-order valence-corrected chi connectivity index (χ3v) is 21.0. The molecule has 21 nitrogen and oxygen atoms in total. The van der Waals surface area contributed by atoms with E-state index in [2.05, 4.69) is 62.0 Å². The summed E-state index contributed by atoms with van der Waals surface area (Å²) in [6, 6.07) is 17.7. The van der Waals surface area contributed by atoms with Crippen LogP contribution in [0.15, 0.2) is 79.0 Å². The van der Waals surface area contributed by atoms with E-state index in [-0.39, 0.29) is 69.6 Å². The van der Waals surface area contributed by atoms with Crippen molar-refractivity contribution in [1.29, 1.82) is 0 Å². The average Bonchev–Trinajstić information content (AvgIpc) is 1.62. The number of esters is 1. The predicted molar refractivity (Wildman–Crippen MR) is 369 cm³/mol. The van der Waals surface area contributed by atoms with Gasteiger partial charge in [-0.3, -0.25) is 39.0 Å². The quantitative estimate of drug-likeness (QED) is 0.0152. The topological polar surface area (TPSA) is 265 Å². The van der Waals surface area contributed by atoms with Crippen molar-refractivity contribution >= 4 is 111 Å². The standard InChI is InChI=1S/C69H102N9O12.HI.Po/c1-18-26-54(73-63(84)60(46(7)19-2)74-56(79)31-25-32-58(81)88-67(9,10)11)62(83)71-52(37-44(3)4)42-78(66(87)90-69(15,16)17)47(8)61(82)75-59(45(5)6)64(85)77(39-49-33-35-51(36-34-49)72-65(86)89-68(12,13)14)41-50-40-76(55-30-24-23-29-53(50)55)43-57(80)70-38-48-27-21-20-22-28-48;;/h21-24,27-30,33-36,40,44-47,52,54,59-60H,18-19,25-26,31-32,37-39,41-43H2,1-17H3,(H,70,80)(H,71,83)(H,72,86)(H,73,84)(H,74,79)(H,75,82);1H;/q;;+1/p-1/t46-,47-,52-,54-,59-,60-;;/m0../s1. The molecule has 92 heavy (non-hydrogen) atoms. The first kappa shape index (κ1) is 78.1. The number of halogens is 1. The second kappa shape index (κ2) is 36.4. The number of para-hydroxylation sites is 1. The number of nitrogens with zero attached hydrogens (tertiary/aromatic N) is 3. The molecule has 0 radical (unpaired) electrons. The van der Waals surface area contributed by atoms with Crippen LogP contribution in [0.1, 0.15) is 179 Å². The zero-order valence-corrected chi connectivity index (χ0v) is 62.5. The number of rotatable bonds is 32. The van der Waals surface area contributed by atoms with Crippen LogP contribution in [0.3, 0.4) is 0 Å². The van der Waals surface area contributed by atoms with Gasteiger partial charge in [-0.1, -0.05) is 79.5 Å². The predicted octanol–water partition coefficient (Wildman–Crippen LogP) is 10.1. The molecule has 1 heterocycles. The van der Waals surface area contributed by atoms with Crippen molar-refractivity contribution in [1.82, 2.24) is 41.0 Å². The molecule has 0 spiro atoms. The summed E-state index contributed by atoms with van der Waals surface area (Å²) in [5.74, 6) is -4.07. The molecule has 6 atom stereocenters. The number of anilines is 1. The summed E-state index contributed by atoms with van der Waals surface area (Å²) in [5.41, 5.74) is 1.30. The Morgan fingerprint density at radius 2 is 1.27 bits per heavy atom. The Hall–Kier alpha value is -6.34. The van der Waals surface area contributed by atoms with Crippen LogP contribution in [0.2, 0.25) is 0 Å². The molecule has 1 aromatic heterocycles. The fourth-order valence-electron chi connectivity index (χ4n) is 10.1. The van der Waals surface area contributed by atoms with E-state index in [9.17, 15) is 38.4 Å². The van der Waals surface area contributed by atoms with Gasteiger partial charge in [-0.2, -0.15) is 0 Å². The molecule has 23 heteroatoms. The van der Waals surface area contributed by atoms with E-state index in [4.69, 9.17) is 14.2 Å². The number of hydrogen-bond donors (Lipinski definition) is 6. The van der Waals surface area contributed by atoms with Gasteiger partial charge in [0.2, 0.25) is 29.5 Å². The minimum absolute atomic E-state index is 0.0105. The number of hydrogen-bond acceptors (Lipinski definition) is 12. The van der Waals surface area contributed by atoms with Crippen LogP contribution in [0, 0.1) is 17.8 Å². The van der Waals surface area contributed by atoms with Crippen molar-refractivity contribution in [3.05, 3.63) is 95.7 Å². The molecule has 0 aliphatic heterocycles. The summed E-state index contributed by atoms with van der Waals surface area (Å²) in [4.78, 5) is 128. The largest absolute Gasteiger partial charge is 0.0603 e. The van der Waals surface area contributed by atoms with E-state index in [1.807, 2.05) is 95.6 Å². The molecule has 0 aliphatic rings. The van der Waals surface area contributed by atoms with E-state index in [0.717, 1.165) is 22.0 Å². The van der Waals surface area contributed by atoms with Crippen molar-refractivity contribution in [3.8, 4) is 0 Å². The van der Waals surface area contributed by atoms with Gasteiger partial charge >= 0.3 is 170 Å². The van der Waals surface area contributed by atoms with Crippen molar-refractivity contribution in [2.75, 3.05) is 11.9 Å². The molecule has 508 valence electrons. The van der Waals surface area contributed by atoms with E-state index < -0.39 is 120 Å². The third-order valence-electron chi connectivity index (χ3n) is 14.8. The van der Waals surface area contributed by atoms with Gasteiger partial charge in [0.15, 0.2) is 0 Å². The van der Waals surface area contributed by atoms with Gasteiger partial charge in [0.25, 0.3) is 0 Å². The van der Waals surface area contributed by atoms with Crippen LogP contribution in [0.4, 0.5) is 15.3 Å². The summed E-state index contributed by atoms with van der Waals surface area (Å²) in [5, 5.41) is 18.4. The zero-order valence-electron chi connectivity index (χ0n) is 57.1. The molecule has 0 saturated carbocycles. The van der Waals surface area contributed by atoms with E-state index in [0.29, 0.717) is 37.1 Å². The van der Waals surface area contributed by atoms with Gasteiger partial charge in [0.1, 0.15) is 41.0 Å². The Labute approximate surface area is 566 Å². The molecule has 0 saturated heterocycles. The molecule has 6 N–H and O–H groups in total. The number of fused-ring (bicyclic) bond motifs is 1. The van der Waals surface area contributed by atoms with Crippen molar-refractivity contribution in [2.45, 2.75) is 236 Å². The van der Waals surface area contributed by atoms with E-state index >= 15 is 4.79 Å². The molecule has 4 rings (SSSR count). The maximum atomic E-state index is 15.5. The average molecular weight is 1590 g/mol. The van der Waals surface area contributed by atoms with Crippen LogP contribution in [-0.2, 0) is 74.0 Å². The van der Waals surface area contributed by atoms with Crippen molar-refractivity contribution in [3.63, 3.8) is 0 Å². The fraction of sp³-hybridized carbons (Fsp3) is 0.580. The summed E-state index contributed by atoms with van der Waals surface area (Å²) < 4.78 is 20.0. The number of carbonyl (C=O) groups excluding carboxylic acids is 9. The first-order valence-corrected chi connectivity index (χ1v) is 42.5. The van der Waals surface area contributed by atoms with Gasteiger partial charge in [-0.05, 0) is 124 Å². The normalized spacial score (nSPS) is 13.8. The Morgan fingerprint density at radius 1 is 0.652 bits per heavy atom. The second-order valence-corrected chi connectivity index (χ2v) is 33.7. The van der Waals surface area contributed by atoms with Gasteiger partial charge in [-0.15, -0.1) is 0 Å². The van der Waals surface area contributed by atoms with Crippen LogP contribution < -0.4 is 35.1 Å². The Bertz CT molecular complexity index is 3120. The van der Waals surface area contributed by atoms with Crippen LogP contribution in [0.25, 0.3) is 10.9 Å². The number of carbonyl (C=O) groups is 9. The SMILES string of the molecule is CCC[C@H](NC(=O)[C@@H](NC(=O)CCCC(=O)OC(C)(C)C)[C@@H](C)CC)C(=O)N[C@@H](CC(C)C)CN(C(=O)OC(C)(C)C)[C@@H](C)C(=O)N[C@H](C(=O)N(Cc1ccc(NC(=O)OC(C)(C)C)cc1)Cc1cn(CC(=O)NCc2cc[c]([Po][I])cc2)c2ccccc12)C(C)C. The number of ether oxygens (including phenoxy) is 3. The van der Waals surface area contributed by atoms with Gasteiger partial charge in [0.05, 0.1) is 0 Å². The number of amides is 8. The Kier molecular flexibility index (Phi) is 30.9. The van der Waals surface area contributed by atoms with E-state index in [1.165, 1.54) is 15.0 Å². The molecular weight excluding hydrogens is 1480 g/mol. The minimum Gasteiger partial charge on any atom is -0.0603 e. The molecule has 4 aromatic rings. The van der Waals surface area contributed by atoms with E-state index in [1.54, 1.807) is 91.5 Å². The zero-order chi connectivity index (χ0) is 68.8. The maximum absolute atomic E-state index is 15.5. The Morgan fingerprint density at radius 3 is 1.85 bits per heavy atom. The molecular formula is C69H102IN9O12Po. The van der Waals surface area contributed by atoms with Crippen LogP contribution in [-0.4, -0.2) is 141 Å². The van der Waals surface area contributed by atoms with Gasteiger partial charge < -0.3 is 40.4 Å².